The maximum absolute atomic E-state index is 11.0. The Bertz CT molecular complexity index is 590. The molecule has 19 heavy (non-hydrogen) atoms. The molecule has 4 nitrogen and oxygen atoms in total. The Morgan fingerprint density at radius 1 is 1.32 bits per heavy atom. The Morgan fingerprint density at radius 3 is 2.63 bits per heavy atom. The van der Waals surface area contributed by atoms with E-state index in [-0.39, 0.29) is 10.5 Å². The summed E-state index contributed by atoms with van der Waals surface area (Å²) in [5.74, 6) is 0. The van der Waals surface area contributed by atoms with Crippen molar-refractivity contribution < 1.29 is 4.92 Å². The van der Waals surface area contributed by atoms with E-state index in [0.29, 0.717) is 16.6 Å². The van der Waals surface area contributed by atoms with E-state index in [0.717, 1.165) is 5.56 Å². The Morgan fingerprint density at radius 2 is 2.00 bits per heavy atom. The second kappa shape index (κ2) is 6.25. The van der Waals surface area contributed by atoms with Crippen molar-refractivity contribution in [3.05, 3.63) is 68.4 Å². The monoisotopic (exact) mass is 384 g/mol. The van der Waals surface area contributed by atoms with Gasteiger partial charge in [-0.05, 0) is 21.5 Å². The Balaban J connectivity index is 2.26. The summed E-state index contributed by atoms with van der Waals surface area (Å²) in [6.45, 7) is 0. The van der Waals surface area contributed by atoms with Crippen LogP contribution in [0.1, 0.15) is 16.1 Å². The van der Waals surface area contributed by atoms with Crippen LogP contribution < -0.4 is 0 Å². The van der Waals surface area contributed by atoms with E-state index in [1.165, 1.54) is 6.07 Å². The number of alkyl halides is 1. The number of halogens is 2. The van der Waals surface area contributed by atoms with Crippen molar-refractivity contribution in [3.8, 4) is 0 Å². The Hall–Kier alpha value is -1.27. The smallest absolute Gasteiger partial charge is 0.258 e. The average molecular weight is 386 g/mol. The van der Waals surface area contributed by atoms with Crippen LogP contribution in [0.25, 0.3) is 0 Å². The SMILES string of the molecule is O=[N+]([O-])c1cc(Br)cnc1CC(Br)c1ccccc1. The molecule has 0 amide bonds. The summed E-state index contributed by atoms with van der Waals surface area (Å²) < 4.78 is 0.605. The standard InChI is InChI=1S/C13H10Br2N2O2/c14-10-6-13(17(18)19)12(16-8-10)7-11(15)9-4-2-1-3-5-9/h1-6,8,11H,7H2. The first-order chi connectivity index (χ1) is 9.08. The molecule has 2 rings (SSSR count). The first-order valence-corrected chi connectivity index (χ1v) is 7.26. The second-order valence-electron chi connectivity index (χ2n) is 3.96. The summed E-state index contributed by atoms with van der Waals surface area (Å²) >= 11 is 6.75. The van der Waals surface area contributed by atoms with Crippen LogP contribution in [0.3, 0.4) is 0 Å². The molecular formula is C13H10Br2N2O2. The molecule has 0 saturated heterocycles. The molecule has 6 heteroatoms. The van der Waals surface area contributed by atoms with E-state index in [4.69, 9.17) is 0 Å². The fraction of sp³-hybridized carbons (Fsp3) is 0.154. The van der Waals surface area contributed by atoms with E-state index in [9.17, 15) is 10.1 Å². The van der Waals surface area contributed by atoms with Crippen molar-refractivity contribution in [2.75, 3.05) is 0 Å². The van der Waals surface area contributed by atoms with Crippen molar-refractivity contribution in [3.63, 3.8) is 0 Å². The van der Waals surface area contributed by atoms with Crippen molar-refractivity contribution in [1.82, 2.24) is 4.98 Å². The molecule has 1 aromatic carbocycles. The summed E-state index contributed by atoms with van der Waals surface area (Å²) in [4.78, 5) is 14.8. The summed E-state index contributed by atoms with van der Waals surface area (Å²) in [6, 6.07) is 11.2. The van der Waals surface area contributed by atoms with Crippen molar-refractivity contribution in [2.24, 2.45) is 0 Å². The summed E-state index contributed by atoms with van der Waals surface area (Å²) in [5.41, 5.74) is 1.58. The molecule has 1 heterocycles. The number of hydrogen-bond acceptors (Lipinski definition) is 3. The van der Waals surface area contributed by atoms with Gasteiger partial charge in [0.2, 0.25) is 0 Å². The molecule has 0 bridgehead atoms. The van der Waals surface area contributed by atoms with Crippen molar-refractivity contribution in [1.29, 1.82) is 0 Å². The van der Waals surface area contributed by atoms with Crippen molar-refractivity contribution >= 4 is 37.5 Å². The number of aromatic nitrogens is 1. The average Bonchev–Trinajstić information content (AvgIpc) is 2.41. The minimum absolute atomic E-state index is 0.000996. The van der Waals surface area contributed by atoms with Crippen LogP contribution in [0.15, 0.2) is 47.1 Å². The van der Waals surface area contributed by atoms with Gasteiger partial charge in [-0.15, -0.1) is 0 Å². The lowest BCUT2D eigenvalue weighted by atomic mass is 10.1. The third-order valence-electron chi connectivity index (χ3n) is 2.64. The minimum atomic E-state index is -0.405. The van der Waals surface area contributed by atoms with E-state index in [2.05, 4.69) is 36.8 Å². The van der Waals surface area contributed by atoms with Crippen LogP contribution in [0.2, 0.25) is 0 Å². The third-order valence-corrected chi connectivity index (χ3v) is 3.93. The lowest BCUT2D eigenvalue weighted by Crippen LogP contribution is -2.02. The fourth-order valence-electron chi connectivity index (χ4n) is 1.72. The fourth-order valence-corrected chi connectivity index (χ4v) is 2.65. The molecule has 0 radical (unpaired) electrons. The number of benzene rings is 1. The number of hydrogen-bond donors (Lipinski definition) is 0. The Kier molecular flexibility index (Phi) is 4.66. The maximum atomic E-state index is 11.0. The molecule has 0 fully saturated rings. The minimum Gasteiger partial charge on any atom is -0.258 e. The van der Waals surface area contributed by atoms with E-state index in [1.54, 1.807) is 6.20 Å². The summed E-state index contributed by atoms with van der Waals surface area (Å²) in [5, 5.41) is 11.0. The van der Waals surface area contributed by atoms with Gasteiger partial charge in [-0.1, -0.05) is 46.3 Å². The molecule has 0 aliphatic heterocycles. The van der Waals surface area contributed by atoms with E-state index < -0.39 is 4.92 Å². The normalized spacial score (nSPS) is 12.1. The Labute approximate surface area is 127 Å². The number of rotatable bonds is 4. The van der Waals surface area contributed by atoms with Gasteiger partial charge in [-0.2, -0.15) is 0 Å². The van der Waals surface area contributed by atoms with Gasteiger partial charge in [0.25, 0.3) is 5.69 Å². The van der Waals surface area contributed by atoms with Gasteiger partial charge in [0.1, 0.15) is 5.69 Å². The van der Waals surface area contributed by atoms with Crippen LogP contribution in [-0.2, 0) is 6.42 Å². The topological polar surface area (TPSA) is 56.0 Å². The molecule has 1 atom stereocenters. The molecule has 1 unspecified atom stereocenters. The highest BCUT2D eigenvalue weighted by Gasteiger charge is 2.19. The predicted molar refractivity (Wildman–Crippen MR) is 80.4 cm³/mol. The zero-order chi connectivity index (χ0) is 13.8. The number of nitro groups is 1. The molecule has 0 saturated carbocycles. The molecule has 0 N–H and O–H groups in total. The van der Waals surface area contributed by atoms with Gasteiger partial charge >= 0.3 is 0 Å². The lowest BCUT2D eigenvalue weighted by molar-refractivity contribution is -0.386. The first-order valence-electron chi connectivity index (χ1n) is 5.55. The van der Waals surface area contributed by atoms with E-state index in [1.807, 2.05) is 30.3 Å². The van der Waals surface area contributed by atoms with Crippen LogP contribution in [0.5, 0.6) is 0 Å². The molecule has 0 aliphatic carbocycles. The number of nitrogens with zero attached hydrogens (tertiary/aromatic N) is 2. The summed E-state index contributed by atoms with van der Waals surface area (Å²) in [6.07, 6.45) is 2.04. The molecule has 2 aromatic rings. The van der Waals surface area contributed by atoms with Crippen LogP contribution in [-0.4, -0.2) is 9.91 Å². The van der Waals surface area contributed by atoms with Crippen LogP contribution in [0, 0.1) is 10.1 Å². The molecule has 0 aliphatic rings. The zero-order valence-electron chi connectivity index (χ0n) is 9.79. The van der Waals surface area contributed by atoms with Gasteiger partial charge in [0, 0.05) is 28.0 Å². The molecule has 98 valence electrons. The third kappa shape index (κ3) is 3.61. The highest BCUT2D eigenvalue weighted by atomic mass is 79.9. The number of pyridine rings is 1. The van der Waals surface area contributed by atoms with Gasteiger partial charge in [0.15, 0.2) is 0 Å². The van der Waals surface area contributed by atoms with Gasteiger partial charge in [0.05, 0.1) is 4.92 Å². The van der Waals surface area contributed by atoms with Gasteiger partial charge < -0.3 is 0 Å². The van der Waals surface area contributed by atoms with Gasteiger partial charge in [-0.25, -0.2) is 0 Å². The largest absolute Gasteiger partial charge is 0.291 e. The lowest BCUT2D eigenvalue weighted by Gasteiger charge is -2.09. The zero-order valence-corrected chi connectivity index (χ0v) is 13.0. The predicted octanol–water partition coefficient (Wildman–Crippen LogP) is 4.43. The van der Waals surface area contributed by atoms with Crippen molar-refractivity contribution in [2.45, 2.75) is 11.2 Å². The second-order valence-corrected chi connectivity index (χ2v) is 5.98. The van der Waals surface area contributed by atoms with Crippen LogP contribution >= 0.6 is 31.9 Å². The quantitative estimate of drug-likeness (QED) is 0.444. The molecular weight excluding hydrogens is 376 g/mol. The van der Waals surface area contributed by atoms with E-state index >= 15 is 0 Å². The van der Waals surface area contributed by atoms with Crippen LogP contribution in [0.4, 0.5) is 5.69 Å². The molecule has 1 aromatic heterocycles. The first kappa shape index (κ1) is 14.1. The highest BCUT2D eigenvalue weighted by Crippen LogP contribution is 2.30. The summed E-state index contributed by atoms with van der Waals surface area (Å²) in [7, 11) is 0. The maximum Gasteiger partial charge on any atom is 0.291 e. The van der Waals surface area contributed by atoms with Gasteiger partial charge in [-0.3, -0.25) is 15.1 Å². The highest BCUT2D eigenvalue weighted by molar-refractivity contribution is 9.10. The molecule has 0 spiro atoms.